The van der Waals surface area contributed by atoms with Gasteiger partial charge in [0.25, 0.3) is 0 Å². The molecule has 2 rings (SSSR count). The highest BCUT2D eigenvalue weighted by Gasteiger charge is 2.36. The fourth-order valence-electron chi connectivity index (χ4n) is 2.33. The first-order valence-corrected chi connectivity index (χ1v) is 10.6. The number of aryl methyl sites for hydroxylation is 1. The molecule has 0 radical (unpaired) electrons. The van der Waals surface area contributed by atoms with Gasteiger partial charge in [-0.05, 0) is 31.5 Å². The summed E-state index contributed by atoms with van der Waals surface area (Å²) in [4.78, 5) is 26.0. The van der Waals surface area contributed by atoms with Crippen LogP contribution < -0.4 is 10.6 Å². The lowest BCUT2D eigenvalue weighted by Crippen LogP contribution is -2.40. The quantitative estimate of drug-likeness (QED) is 0.641. The Kier molecular flexibility index (Phi) is 6.23. The number of carbonyl (C=O) groups excluding carboxylic acids is 1. The topological polar surface area (TPSA) is 125 Å². The first-order chi connectivity index (χ1) is 13.2. The molecule has 8 nitrogen and oxygen atoms in total. The summed E-state index contributed by atoms with van der Waals surface area (Å²) in [6.07, 6.45) is -4.20. The van der Waals surface area contributed by atoms with Gasteiger partial charge in [0.2, 0.25) is 0 Å². The summed E-state index contributed by atoms with van der Waals surface area (Å²) in [5.74, 6) is -1.25. The predicted octanol–water partition coefficient (Wildman–Crippen LogP) is 3.14. The van der Waals surface area contributed by atoms with Gasteiger partial charge in [0.1, 0.15) is 6.04 Å². The number of halogens is 3. The first-order valence-electron chi connectivity index (χ1n) is 7.89. The zero-order valence-corrected chi connectivity index (χ0v) is 16.9. The van der Waals surface area contributed by atoms with Crippen LogP contribution in [0.5, 0.6) is 0 Å². The standard InChI is InChI=1S/C16H16F3N3O5S2/c1-7-12(28-15(21-7)22-14(25)20-8(2)13(23)24)9-4-5-11(29(3,26)27)10(6-9)16(17,18)19/h4-6,8H,1-3H3,(H,23,24)(H2,20,21,22,25)/t8-/m1/s1. The van der Waals surface area contributed by atoms with E-state index < -0.39 is 44.5 Å². The Morgan fingerprint density at radius 3 is 2.41 bits per heavy atom. The van der Waals surface area contributed by atoms with Crippen LogP contribution in [0.4, 0.5) is 23.1 Å². The summed E-state index contributed by atoms with van der Waals surface area (Å²) < 4.78 is 63.4. The maximum absolute atomic E-state index is 13.3. The highest BCUT2D eigenvalue weighted by molar-refractivity contribution is 7.90. The summed E-state index contributed by atoms with van der Waals surface area (Å²) in [5.41, 5.74) is -0.920. The third-order valence-corrected chi connectivity index (χ3v) is 5.96. The maximum atomic E-state index is 13.3. The summed E-state index contributed by atoms with van der Waals surface area (Å²) in [6.45, 7) is 2.76. The molecule has 0 unspecified atom stereocenters. The molecule has 3 N–H and O–H groups in total. The van der Waals surface area contributed by atoms with E-state index in [-0.39, 0.29) is 15.6 Å². The van der Waals surface area contributed by atoms with Crippen molar-refractivity contribution < 1.29 is 36.3 Å². The van der Waals surface area contributed by atoms with Crippen molar-refractivity contribution in [1.82, 2.24) is 10.3 Å². The van der Waals surface area contributed by atoms with Crippen LogP contribution in [0.25, 0.3) is 10.4 Å². The van der Waals surface area contributed by atoms with Gasteiger partial charge in [0, 0.05) is 6.26 Å². The van der Waals surface area contributed by atoms with Gasteiger partial charge in [-0.1, -0.05) is 17.4 Å². The van der Waals surface area contributed by atoms with Crippen LogP contribution in [-0.2, 0) is 20.8 Å². The Hall–Kier alpha value is -2.67. The van der Waals surface area contributed by atoms with Gasteiger partial charge < -0.3 is 10.4 Å². The molecule has 1 aromatic heterocycles. The van der Waals surface area contributed by atoms with Gasteiger partial charge in [0.05, 0.1) is 21.0 Å². The van der Waals surface area contributed by atoms with E-state index in [0.717, 1.165) is 17.4 Å². The number of thiazole rings is 1. The number of benzene rings is 1. The molecule has 2 aromatic rings. The van der Waals surface area contributed by atoms with Gasteiger partial charge in [-0.15, -0.1) is 0 Å². The lowest BCUT2D eigenvalue weighted by atomic mass is 10.1. The number of hydrogen-bond donors (Lipinski definition) is 3. The predicted molar refractivity (Wildman–Crippen MR) is 99.7 cm³/mol. The number of nitrogens with one attached hydrogen (secondary N) is 2. The number of sulfone groups is 1. The molecule has 1 heterocycles. The molecule has 0 aliphatic heterocycles. The molecule has 0 bridgehead atoms. The third-order valence-electron chi connectivity index (χ3n) is 3.68. The average molecular weight is 451 g/mol. The van der Waals surface area contributed by atoms with Gasteiger partial charge in [0.15, 0.2) is 15.0 Å². The van der Waals surface area contributed by atoms with Crippen molar-refractivity contribution in [2.75, 3.05) is 11.6 Å². The average Bonchev–Trinajstić information content (AvgIpc) is 2.92. The summed E-state index contributed by atoms with van der Waals surface area (Å²) in [5, 5.41) is 13.3. The number of nitrogens with zero attached hydrogens (tertiary/aromatic N) is 1. The normalized spacial score (nSPS) is 13.0. The lowest BCUT2D eigenvalue weighted by molar-refractivity contribution is -0.140. The molecule has 0 saturated carbocycles. The van der Waals surface area contributed by atoms with Crippen molar-refractivity contribution in [3.8, 4) is 10.4 Å². The second-order valence-corrected chi connectivity index (χ2v) is 9.06. The molecule has 0 fully saturated rings. The van der Waals surface area contributed by atoms with Crippen molar-refractivity contribution in [2.24, 2.45) is 0 Å². The minimum atomic E-state index is -4.89. The zero-order valence-electron chi connectivity index (χ0n) is 15.3. The monoisotopic (exact) mass is 451 g/mol. The summed E-state index contributed by atoms with van der Waals surface area (Å²) in [6, 6.07) is 0.813. The van der Waals surface area contributed by atoms with Crippen molar-refractivity contribution in [2.45, 2.75) is 31.0 Å². The smallest absolute Gasteiger partial charge is 0.417 e. The number of anilines is 1. The van der Waals surface area contributed by atoms with Crippen LogP contribution >= 0.6 is 11.3 Å². The van der Waals surface area contributed by atoms with Crippen molar-refractivity contribution >= 4 is 38.3 Å². The van der Waals surface area contributed by atoms with Crippen molar-refractivity contribution in [3.05, 3.63) is 29.5 Å². The largest absolute Gasteiger partial charge is 0.480 e. The van der Waals surface area contributed by atoms with Crippen molar-refractivity contribution in [3.63, 3.8) is 0 Å². The van der Waals surface area contributed by atoms with Crippen LogP contribution in [0, 0.1) is 6.92 Å². The minimum Gasteiger partial charge on any atom is -0.480 e. The molecule has 0 spiro atoms. The van der Waals surface area contributed by atoms with Gasteiger partial charge in [-0.3, -0.25) is 10.1 Å². The second kappa shape index (κ2) is 7.99. The van der Waals surface area contributed by atoms with Gasteiger partial charge in [-0.25, -0.2) is 18.2 Å². The number of amides is 2. The van der Waals surface area contributed by atoms with E-state index in [1.54, 1.807) is 0 Å². The molecule has 13 heteroatoms. The second-order valence-electron chi connectivity index (χ2n) is 6.07. The summed E-state index contributed by atoms with van der Waals surface area (Å²) in [7, 11) is -4.10. The molecule has 2 amide bonds. The number of rotatable bonds is 5. The van der Waals surface area contributed by atoms with Crippen LogP contribution in [0.1, 0.15) is 18.2 Å². The molecule has 158 valence electrons. The Labute approximate surface area is 167 Å². The molecule has 0 saturated heterocycles. The van der Waals surface area contributed by atoms with Crippen LogP contribution in [0.2, 0.25) is 0 Å². The number of alkyl halides is 3. The minimum absolute atomic E-state index is 0.0355. The Morgan fingerprint density at radius 2 is 1.90 bits per heavy atom. The van der Waals surface area contributed by atoms with Crippen LogP contribution in [-0.4, -0.2) is 42.8 Å². The Bertz CT molecular complexity index is 1060. The SMILES string of the molecule is Cc1nc(NC(=O)N[C@H](C)C(=O)O)sc1-c1ccc(S(C)(=O)=O)c(C(F)(F)F)c1. The number of carbonyl (C=O) groups is 2. The van der Waals surface area contributed by atoms with E-state index in [4.69, 9.17) is 5.11 Å². The van der Waals surface area contributed by atoms with E-state index >= 15 is 0 Å². The fraction of sp³-hybridized carbons (Fsp3) is 0.312. The number of aliphatic carboxylic acids is 1. The fourth-order valence-corrected chi connectivity index (χ4v) is 4.17. The zero-order chi connectivity index (χ0) is 22.1. The van der Waals surface area contributed by atoms with E-state index in [0.29, 0.717) is 18.0 Å². The van der Waals surface area contributed by atoms with Gasteiger partial charge >= 0.3 is 18.2 Å². The number of urea groups is 1. The molecule has 0 aliphatic rings. The van der Waals surface area contributed by atoms with E-state index in [9.17, 15) is 31.2 Å². The summed E-state index contributed by atoms with van der Waals surface area (Å²) >= 11 is 0.862. The molecule has 1 atom stereocenters. The number of carboxylic acid groups (broad SMARTS) is 1. The maximum Gasteiger partial charge on any atom is 0.417 e. The highest BCUT2D eigenvalue weighted by atomic mass is 32.2. The number of aromatic nitrogens is 1. The highest BCUT2D eigenvalue weighted by Crippen LogP contribution is 2.39. The van der Waals surface area contributed by atoms with Gasteiger partial charge in [-0.2, -0.15) is 13.2 Å². The molecular weight excluding hydrogens is 435 g/mol. The van der Waals surface area contributed by atoms with Crippen LogP contribution in [0.3, 0.4) is 0 Å². The van der Waals surface area contributed by atoms with E-state index in [2.05, 4.69) is 15.6 Å². The molecule has 0 aliphatic carbocycles. The van der Waals surface area contributed by atoms with E-state index in [1.807, 2.05) is 0 Å². The van der Waals surface area contributed by atoms with E-state index in [1.165, 1.54) is 19.9 Å². The molecule has 29 heavy (non-hydrogen) atoms. The molecule has 1 aromatic carbocycles. The molecular formula is C16H16F3N3O5S2. The first kappa shape index (κ1) is 22.6. The third kappa shape index (κ3) is 5.44. The number of hydrogen-bond acceptors (Lipinski definition) is 6. The van der Waals surface area contributed by atoms with Crippen molar-refractivity contribution in [1.29, 1.82) is 0 Å². The Balaban J connectivity index is 2.39. The lowest BCUT2D eigenvalue weighted by Gasteiger charge is -2.13. The number of carboxylic acids is 1. The Morgan fingerprint density at radius 1 is 1.28 bits per heavy atom. The van der Waals surface area contributed by atoms with Crippen LogP contribution in [0.15, 0.2) is 23.1 Å².